The van der Waals surface area contributed by atoms with Crippen molar-refractivity contribution in [1.82, 2.24) is 10.0 Å². The van der Waals surface area contributed by atoms with Crippen molar-refractivity contribution in [2.45, 2.75) is 13.8 Å². The summed E-state index contributed by atoms with van der Waals surface area (Å²) in [7, 11) is 0. The Morgan fingerprint density at radius 2 is 1.84 bits per heavy atom. The van der Waals surface area contributed by atoms with Crippen LogP contribution in [0.5, 0.6) is 0 Å². The van der Waals surface area contributed by atoms with Crippen molar-refractivity contribution in [2.75, 3.05) is 6.61 Å². The van der Waals surface area contributed by atoms with Gasteiger partial charge < -0.3 is 4.57 Å². The second-order valence-corrected chi connectivity index (χ2v) is 4.77. The molecule has 1 aromatic carbocycles. The fourth-order valence-corrected chi connectivity index (χ4v) is 1.62. The Morgan fingerprint density at radius 1 is 1.21 bits per heavy atom. The number of carbonyl (C=O) groups is 1. The lowest BCUT2D eigenvalue weighted by atomic mass is 10.2. The molecule has 0 aliphatic rings. The molecule has 0 saturated heterocycles. The maximum Gasteiger partial charge on any atom is 0.274 e. The molecule has 4 nitrogen and oxygen atoms in total. The predicted molar refractivity (Wildman–Crippen MR) is 74.0 cm³/mol. The fraction of sp³-hybridized carbons (Fsp3) is 0.267. The van der Waals surface area contributed by atoms with Crippen LogP contribution in [0.1, 0.15) is 24.2 Å². The number of amides is 1. The van der Waals surface area contributed by atoms with E-state index < -0.39 is 0 Å². The van der Waals surface area contributed by atoms with E-state index in [9.17, 15) is 4.79 Å². The molecule has 4 heteroatoms. The van der Waals surface area contributed by atoms with Crippen LogP contribution in [0, 0.1) is 5.92 Å². The summed E-state index contributed by atoms with van der Waals surface area (Å²) in [5.41, 5.74) is 4.04. The summed E-state index contributed by atoms with van der Waals surface area (Å²) >= 11 is 0. The summed E-state index contributed by atoms with van der Waals surface area (Å²) in [6.45, 7) is 4.56. The molecule has 0 fully saturated rings. The third-order valence-electron chi connectivity index (χ3n) is 2.61. The van der Waals surface area contributed by atoms with Crippen molar-refractivity contribution >= 4 is 5.91 Å². The van der Waals surface area contributed by atoms with Crippen molar-refractivity contribution in [3.05, 3.63) is 54.4 Å². The minimum Gasteiger partial charge on any atom is -0.324 e. The Morgan fingerprint density at radius 3 is 2.42 bits per heavy atom. The molecule has 0 radical (unpaired) electrons. The minimum absolute atomic E-state index is 0.222. The lowest BCUT2D eigenvalue weighted by Gasteiger charge is -2.08. The largest absolute Gasteiger partial charge is 0.324 e. The Hall–Kier alpha value is -2.07. The van der Waals surface area contributed by atoms with Gasteiger partial charge >= 0.3 is 0 Å². The van der Waals surface area contributed by atoms with E-state index in [1.54, 1.807) is 12.1 Å². The lowest BCUT2D eigenvalue weighted by molar-refractivity contribution is 0.0208. The summed E-state index contributed by atoms with van der Waals surface area (Å²) in [4.78, 5) is 16.9. The van der Waals surface area contributed by atoms with Crippen molar-refractivity contribution < 1.29 is 9.63 Å². The fourth-order valence-electron chi connectivity index (χ4n) is 1.62. The predicted octanol–water partition coefficient (Wildman–Crippen LogP) is 2.79. The number of rotatable bonds is 5. The third-order valence-corrected chi connectivity index (χ3v) is 2.61. The smallest absolute Gasteiger partial charge is 0.274 e. The highest BCUT2D eigenvalue weighted by Gasteiger charge is 2.06. The average Bonchev–Trinajstić information content (AvgIpc) is 2.92. The molecule has 0 aliphatic carbocycles. The molecule has 0 bridgehead atoms. The van der Waals surface area contributed by atoms with Gasteiger partial charge in [-0.1, -0.05) is 13.8 Å². The van der Waals surface area contributed by atoms with Gasteiger partial charge in [-0.25, -0.2) is 5.48 Å². The summed E-state index contributed by atoms with van der Waals surface area (Å²) in [5, 5.41) is 0. The summed E-state index contributed by atoms with van der Waals surface area (Å²) < 4.78 is 1.98. The molecule has 100 valence electrons. The number of hydrogen-bond acceptors (Lipinski definition) is 2. The highest BCUT2D eigenvalue weighted by molar-refractivity contribution is 5.93. The number of nitrogens with one attached hydrogen (secondary N) is 1. The van der Waals surface area contributed by atoms with Gasteiger partial charge in [0.1, 0.15) is 0 Å². The topological polar surface area (TPSA) is 43.3 Å². The third kappa shape index (κ3) is 3.69. The molecule has 0 spiro atoms. The zero-order valence-electron chi connectivity index (χ0n) is 11.2. The highest BCUT2D eigenvalue weighted by Crippen LogP contribution is 2.10. The second kappa shape index (κ2) is 6.20. The van der Waals surface area contributed by atoms with Crippen molar-refractivity contribution in [3.63, 3.8) is 0 Å². The molecule has 2 aromatic rings. The molecule has 1 heterocycles. The number of benzene rings is 1. The van der Waals surface area contributed by atoms with Gasteiger partial charge in [0.25, 0.3) is 5.91 Å². The molecule has 19 heavy (non-hydrogen) atoms. The van der Waals surface area contributed by atoms with Gasteiger partial charge in [0, 0.05) is 23.6 Å². The summed E-state index contributed by atoms with van der Waals surface area (Å²) in [5.74, 6) is 0.163. The number of nitrogens with zero attached hydrogens (tertiary/aromatic N) is 1. The Kier molecular flexibility index (Phi) is 4.36. The Labute approximate surface area is 113 Å². The molecule has 0 aliphatic heterocycles. The van der Waals surface area contributed by atoms with Gasteiger partial charge in [-0.15, -0.1) is 0 Å². The number of carbonyl (C=O) groups excluding carboxylic acids is 1. The number of hydrogen-bond donors (Lipinski definition) is 1. The first-order valence-electron chi connectivity index (χ1n) is 6.32. The van der Waals surface area contributed by atoms with Gasteiger partial charge in [-0.05, 0) is 42.3 Å². The second-order valence-electron chi connectivity index (χ2n) is 4.77. The maximum atomic E-state index is 11.8. The molecule has 1 aromatic heterocycles. The lowest BCUT2D eigenvalue weighted by Crippen LogP contribution is -2.25. The quantitative estimate of drug-likeness (QED) is 0.838. The molecule has 0 saturated carbocycles. The summed E-state index contributed by atoms with van der Waals surface area (Å²) in [6.07, 6.45) is 3.92. The van der Waals surface area contributed by atoms with Crippen LogP contribution >= 0.6 is 0 Å². The average molecular weight is 258 g/mol. The number of hydroxylamine groups is 1. The molecule has 0 atom stereocenters. The van der Waals surface area contributed by atoms with Crippen LogP contribution in [0.4, 0.5) is 0 Å². The monoisotopic (exact) mass is 258 g/mol. The molecule has 0 unspecified atom stereocenters. The molecule has 1 N–H and O–H groups in total. The first-order valence-corrected chi connectivity index (χ1v) is 6.32. The van der Waals surface area contributed by atoms with Crippen molar-refractivity contribution in [2.24, 2.45) is 5.92 Å². The van der Waals surface area contributed by atoms with Crippen molar-refractivity contribution in [1.29, 1.82) is 0 Å². The van der Waals surface area contributed by atoms with E-state index in [0.717, 1.165) is 5.69 Å². The number of aromatic nitrogens is 1. The van der Waals surface area contributed by atoms with Crippen LogP contribution in [0.2, 0.25) is 0 Å². The maximum absolute atomic E-state index is 11.8. The molecule has 1 amide bonds. The van der Waals surface area contributed by atoms with Gasteiger partial charge in [0.15, 0.2) is 0 Å². The van der Waals surface area contributed by atoms with Gasteiger partial charge in [-0.2, -0.15) is 0 Å². The van der Waals surface area contributed by atoms with E-state index in [1.807, 2.05) is 55.1 Å². The zero-order valence-corrected chi connectivity index (χ0v) is 11.2. The van der Waals surface area contributed by atoms with Crippen LogP contribution in [-0.4, -0.2) is 17.1 Å². The van der Waals surface area contributed by atoms with E-state index >= 15 is 0 Å². The van der Waals surface area contributed by atoms with Gasteiger partial charge in [0.2, 0.25) is 0 Å². The zero-order chi connectivity index (χ0) is 13.7. The van der Waals surface area contributed by atoms with Crippen LogP contribution < -0.4 is 5.48 Å². The SMILES string of the molecule is CC(C)CONC(=O)c1ccc(-n2cccc2)cc1. The van der Waals surface area contributed by atoms with E-state index in [2.05, 4.69) is 5.48 Å². The first-order chi connectivity index (χ1) is 9.16. The molecular formula is C15H18N2O2. The van der Waals surface area contributed by atoms with E-state index in [4.69, 9.17) is 4.84 Å². The Bertz CT molecular complexity index is 516. The standard InChI is InChI=1S/C15H18N2O2/c1-12(2)11-19-16-15(18)13-5-7-14(8-6-13)17-9-3-4-10-17/h3-10,12H,11H2,1-2H3,(H,16,18). The van der Waals surface area contributed by atoms with E-state index in [1.165, 1.54) is 0 Å². The van der Waals surface area contributed by atoms with Crippen LogP contribution in [0.3, 0.4) is 0 Å². The molecule has 2 rings (SSSR count). The van der Waals surface area contributed by atoms with E-state index in [0.29, 0.717) is 18.1 Å². The van der Waals surface area contributed by atoms with Crippen LogP contribution in [-0.2, 0) is 4.84 Å². The van der Waals surface area contributed by atoms with Crippen LogP contribution in [0.15, 0.2) is 48.8 Å². The molecular weight excluding hydrogens is 240 g/mol. The normalized spacial score (nSPS) is 10.7. The highest BCUT2D eigenvalue weighted by atomic mass is 16.6. The Balaban J connectivity index is 1.96. The summed E-state index contributed by atoms with van der Waals surface area (Å²) in [6, 6.07) is 11.3. The minimum atomic E-state index is -0.222. The van der Waals surface area contributed by atoms with Gasteiger partial charge in [-0.3, -0.25) is 9.63 Å². The first kappa shape index (κ1) is 13.4. The van der Waals surface area contributed by atoms with Crippen molar-refractivity contribution in [3.8, 4) is 5.69 Å². The van der Waals surface area contributed by atoms with Gasteiger partial charge in [0.05, 0.1) is 6.61 Å². The van der Waals surface area contributed by atoms with E-state index in [-0.39, 0.29) is 5.91 Å². The van der Waals surface area contributed by atoms with Crippen LogP contribution in [0.25, 0.3) is 5.69 Å².